The average Bonchev–Trinajstić information content (AvgIpc) is 3.23. The first-order chi connectivity index (χ1) is 17.4. The number of nitrogens with one attached hydrogen (secondary N) is 1. The Labute approximate surface area is 222 Å². The number of halogens is 3. The second kappa shape index (κ2) is 12.1. The quantitative estimate of drug-likeness (QED) is 0.365. The van der Waals surface area contributed by atoms with Crippen LogP contribution in [-0.4, -0.2) is 60.8 Å². The third-order valence-corrected chi connectivity index (χ3v) is 7.72. The summed E-state index contributed by atoms with van der Waals surface area (Å²) in [5, 5.41) is 4.07. The smallest absolute Gasteiger partial charge is 0.253 e. The fourth-order valence-corrected chi connectivity index (χ4v) is 5.30. The van der Waals surface area contributed by atoms with E-state index in [1.165, 1.54) is 0 Å². The highest BCUT2D eigenvalue weighted by molar-refractivity contribution is 6.43. The maximum Gasteiger partial charge on any atom is 0.253 e. The summed E-state index contributed by atoms with van der Waals surface area (Å²) in [7, 11) is 0. The second-order valence-electron chi connectivity index (χ2n) is 9.16. The third-order valence-electron chi connectivity index (χ3n) is 6.91. The van der Waals surface area contributed by atoms with Gasteiger partial charge in [0.15, 0.2) is 0 Å². The minimum atomic E-state index is -0.525. The summed E-state index contributed by atoms with van der Waals surface area (Å²) < 4.78 is 16.2. The average molecular weight is 532 g/mol. The normalized spacial score (nSPS) is 15.2. The first-order valence-electron chi connectivity index (χ1n) is 12.5. The van der Waals surface area contributed by atoms with Gasteiger partial charge in [-0.25, -0.2) is 4.39 Å². The fraction of sp³-hybridized carbons (Fsp3) is 0.393. The van der Waals surface area contributed by atoms with Crippen LogP contribution < -0.4 is 10.2 Å². The van der Waals surface area contributed by atoms with E-state index in [9.17, 15) is 9.18 Å². The van der Waals surface area contributed by atoms with E-state index in [2.05, 4.69) is 38.7 Å². The van der Waals surface area contributed by atoms with Crippen molar-refractivity contribution in [2.45, 2.75) is 32.9 Å². The lowest BCUT2D eigenvalue weighted by Crippen LogP contribution is -2.54. The van der Waals surface area contributed by atoms with Crippen molar-refractivity contribution in [2.24, 2.45) is 0 Å². The Morgan fingerprint density at radius 1 is 1.06 bits per heavy atom. The van der Waals surface area contributed by atoms with Gasteiger partial charge in [0.05, 0.1) is 27.3 Å². The zero-order valence-electron chi connectivity index (χ0n) is 20.8. The number of rotatable bonds is 9. The molecule has 192 valence electrons. The zero-order chi connectivity index (χ0) is 25.7. The van der Waals surface area contributed by atoms with Gasteiger partial charge in [-0.15, -0.1) is 0 Å². The summed E-state index contributed by atoms with van der Waals surface area (Å²) >= 11 is 12.6. The maximum atomic E-state index is 14.1. The number of anilines is 1. The summed E-state index contributed by atoms with van der Waals surface area (Å²) in [5.41, 5.74) is 4.57. The number of carbonyl (C=O) groups excluding carboxylic acids is 1. The van der Waals surface area contributed by atoms with E-state index in [0.717, 1.165) is 35.6 Å². The Morgan fingerprint density at radius 3 is 2.44 bits per heavy atom. The minimum absolute atomic E-state index is 0.165. The van der Waals surface area contributed by atoms with Gasteiger partial charge in [-0.05, 0) is 37.1 Å². The van der Waals surface area contributed by atoms with Crippen molar-refractivity contribution in [1.29, 1.82) is 0 Å². The number of benzene rings is 2. The van der Waals surface area contributed by atoms with Gasteiger partial charge in [-0.2, -0.15) is 0 Å². The second-order valence-corrected chi connectivity index (χ2v) is 9.95. The highest BCUT2D eigenvalue weighted by atomic mass is 35.5. The number of amides is 1. The van der Waals surface area contributed by atoms with E-state index >= 15 is 0 Å². The topological polar surface area (TPSA) is 40.5 Å². The highest BCUT2D eigenvalue weighted by Crippen LogP contribution is 2.33. The molecule has 1 saturated heterocycles. The molecule has 1 aromatic heterocycles. The number of hydrogen-bond donors (Lipinski definition) is 1. The molecule has 0 radical (unpaired) electrons. The Bertz CT molecular complexity index is 1180. The highest BCUT2D eigenvalue weighted by Gasteiger charge is 2.26. The Morgan fingerprint density at radius 2 is 1.78 bits per heavy atom. The lowest BCUT2D eigenvalue weighted by Gasteiger charge is -2.39. The van der Waals surface area contributed by atoms with Crippen LogP contribution >= 0.6 is 23.2 Å². The van der Waals surface area contributed by atoms with Crippen LogP contribution in [0.15, 0.2) is 54.6 Å². The van der Waals surface area contributed by atoms with E-state index < -0.39 is 6.67 Å². The van der Waals surface area contributed by atoms with Crippen molar-refractivity contribution in [1.82, 2.24) is 14.8 Å². The van der Waals surface area contributed by atoms with Gasteiger partial charge in [0.2, 0.25) is 0 Å². The first-order valence-corrected chi connectivity index (χ1v) is 13.2. The molecule has 0 spiro atoms. The predicted octanol–water partition coefficient (Wildman–Crippen LogP) is 6.07. The van der Waals surface area contributed by atoms with Crippen LogP contribution in [0.1, 0.15) is 29.4 Å². The van der Waals surface area contributed by atoms with Gasteiger partial charge in [0, 0.05) is 50.7 Å². The number of alkyl halides is 1. The maximum absolute atomic E-state index is 14.1. The largest absolute Gasteiger partial charge is 0.368 e. The molecule has 1 aliphatic heterocycles. The summed E-state index contributed by atoms with van der Waals surface area (Å²) in [6.07, 6.45) is 0.965. The molecular formula is C28H33Cl2FN4O. The molecule has 1 unspecified atom stereocenters. The molecule has 1 aliphatic rings. The Hall–Kier alpha value is -2.54. The van der Waals surface area contributed by atoms with E-state index in [-0.39, 0.29) is 18.5 Å². The van der Waals surface area contributed by atoms with Crippen molar-refractivity contribution in [3.05, 3.63) is 75.9 Å². The van der Waals surface area contributed by atoms with Crippen LogP contribution in [0.2, 0.25) is 10.0 Å². The molecule has 5 nitrogen and oxygen atoms in total. The monoisotopic (exact) mass is 530 g/mol. The number of piperazine rings is 1. The molecule has 1 fully saturated rings. The molecule has 1 N–H and O–H groups in total. The molecule has 8 heteroatoms. The summed E-state index contributed by atoms with van der Waals surface area (Å²) in [5.74, 6) is -0.165. The summed E-state index contributed by atoms with van der Waals surface area (Å²) in [6, 6.07) is 17.3. The van der Waals surface area contributed by atoms with Crippen LogP contribution in [-0.2, 0) is 6.54 Å². The molecule has 0 saturated carbocycles. The van der Waals surface area contributed by atoms with Crippen LogP contribution in [0.5, 0.6) is 0 Å². The van der Waals surface area contributed by atoms with Gasteiger partial charge < -0.3 is 14.8 Å². The Kier molecular flexibility index (Phi) is 8.94. The van der Waals surface area contributed by atoms with Crippen molar-refractivity contribution < 1.29 is 9.18 Å². The number of nitrogens with zero attached hydrogens (tertiary/aromatic N) is 3. The summed E-state index contributed by atoms with van der Waals surface area (Å²) in [6.45, 7) is 7.44. The Balaban J connectivity index is 1.40. The molecule has 2 heterocycles. The van der Waals surface area contributed by atoms with Crippen LogP contribution in [0.25, 0.3) is 11.3 Å². The van der Waals surface area contributed by atoms with Gasteiger partial charge >= 0.3 is 0 Å². The molecular weight excluding hydrogens is 498 g/mol. The van der Waals surface area contributed by atoms with E-state index in [1.54, 1.807) is 6.07 Å². The van der Waals surface area contributed by atoms with Crippen LogP contribution in [0.4, 0.5) is 10.1 Å². The molecule has 3 aromatic rings. The molecule has 4 rings (SSSR count). The van der Waals surface area contributed by atoms with E-state index in [4.69, 9.17) is 23.2 Å². The lowest BCUT2D eigenvalue weighted by molar-refractivity contribution is 0.0919. The SMILES string of the molecule is CCCn1c(-c2ccccc2)cc(C(=O)NCC(CF)N2CCN(c3cccc(Cl)c3Cl)CC2)c1C. The molecule has 1 atom stereocenters. The van der Waals surface area contributed by atoms with Crippen molar-refractivity contribution in [3.8, 4) is 11.3 Å². The number of hydrogen-bond acceptors (Lipinski definition) is 3. The number of carbonyl (C=O) groups is 1. The molecule has 36 heavy (non-hydrogen) atoms. The first kappa shape index (κ1) is 26.5. The van der Waals surface area contributed by atoms with E-state index in [1.807, 2.05) is 43.3 Å². The number of aromatic nitrogens is 1. The van der Waals surface area contributed by atoms with Gasteiger partial charge in [0.25, 0.3) is 5.91 Å². The van der Waals surface area contributed by atoms with Crippen molar-refractivity contribution in [3.63, 3.8) is 0 Å². The van der Waals surface area contributed by atoms with Gasteiger partial charge in [-0.3, -0.25) is 9.69 Å². The standard InChI is InChI=1S/C28H33Cl2FN4O/c1-3-12-35-20(2)23(17-26(35)21-8-5-4-6-9-21)28(36)32-19-22(18-31)33-13-15-34(16-14-33)25-11-7-10-24(29)27(25)30/h4-11,17,22H,3,12-16,18-19H2,1-2H3,(H,32,36). The van der Waals surface area contributed by atoms with Crippen LogP contribution in [0.3, 0.4) is 0 Å². The van der Waals surface area contributed by atoms with Crippen molar-refractivity contribution >= 4 is 34.8 Å². The minimum Gasteiger partial charge on any atom is -0.368 e. The van der Waals surface area contributed by atoms with Crippen molar-refractivity contribution in [2.75, 3.05) is 44.3 Å². The van der Waals surface area contributed by atoms with Gasteiger partial charge in [0.1, 0.15) is 6.67 Å². The van der Waals surface area contributed by atoms with E-state index in [0.29, 0.717) is 41.8 Å². The fourth-order valence-electron chi connectivity index (χ4n) is 4.89. The van der Waals surface area contributed by atoms with Crippen LogP contribution in [0, 0.1) is 6.92 Å². The molecule has 0 aliphatic carbocycles. The lowest BCUT2D eigenvalue weighted by atomic mass is 10.1. The molecule has 2 aromatic carbocycles. The molecule has 1 amide bonds. The zero-order valence-corrected chi connectivity index (χ0v) is 22.3. The predicted molar refractivity (Wildman–Crippen MR) is 147 cm³/mol. The van der Waals surface area contributed by atoms with Gasteiger partial charge in [-0.1, -0.05) is 66.5 Å². The summed E-state index contributed by atoms with van der Waals surface area (Å²) in [4.78, 5) is 17.4. The molecule has 0 bridgehead atoms. The third kappa shape index (κ3) is 5.72.